The lowest BCUT2D eigenvalue weighted by atomic mass is 9.87. The SMILES string of the molecule is CC(C)N(CCNCCc1ccc(O)c2[nH]c(=O)sc12)C(=O)CCNCCc1cccc2c1CCCC2. The van der Waals surface area contributed by atoms with Crippen molar-refractivity contribution in [3.8, 4) is 5.75 Å². The van der Waals surface area contributed by atoms with E-state index in [1.54, 1.807) is 11.6 Å². The van der Waals surface area contributed by atoms with E-state index in [1.807, 2.05) is 11.0 Å². The second-order valence-corrected chi connectivity index (χ2v) is 11.1. The zero-order chi connectivity index (χ0) is 26.2. The molecule has 0 atom stereocenters. The Bertz CT molecular complexity index is 1250. The summed E-state index contributed by atoms with van der Waals surface area (Å²) in [5, 5.41) is 16.8. The molecule has 0 aliphatic heterocycles. The summed E-state index contributed by atoms with van der Waals surface area (Å²) in [4.78, 5) is 29.1. The molecule has 0 saturated carbocycles. The van der Waals surface area contributed by atoms with Gasteiger partial charge in [-0.2, -0.15) is 0 Å². The lowest BCUT2D eigenvalue weighted by Gasteiger charge is -2.27. The lowest BCUT2D eigenvalue weighted by molar-refractivity contribution is -0.132. The van der Waals surface area contributed by atoms with E-state index in [4.69, 9.17) is 0 Å². The van der Waals surface area contributed by atoms with Gasteiger partial charge in [0, 0.05) is 32.1 Å². The molecule has 1 aliphatic rings. The summed E-state index contributed by atoms with van der Waals surface area (Å²) >= 11 is 1.13. The molecule has 37 heavy (non-hydrogen) atoms. The van der Waals surface area contributed by atoms with Crippen molar-refractivity contribution in [2.45, 2.75) is 64.8 Å². The number of carbonyl (C=O) groups excluding carboxylic acids is 1. The first kappa shape index (κ1) is 27.4. The number of benzene rings is 2. The van der Waals surface area contributed by atoms with Gasteiger partial charge in [-0.1, -0.05) is 35.6 Å². The molecule has 4 N–H and O–H groups in total. The molecule has 1 amide bonds. The highest BCUT2D eigenvalue weighted by molar-refractivity contribution is 7.16. The van der Waals surface area contributed by atoms with E-state index in [0.29, 0.717) is 31.6 Å². The Kier molecular flexibility index (Phi) is 9.77. The normalized spacial score (nSPS) is 13.3. The third kappa shape index (κ3) is 7.21. The zero-order valence-corrected chi connectivity index (χ0v) is 22.9. The molecule has 0 spiro atoms. The van der Waals surface area contributed by atoms with Crippen LogP contribution in [-0.4, -0.2) is 59.7 Å². The molecule has 1 aromatic heterocycles. The van der Waals surface area contributed by atoms with Crippen molar-refractivity contribution >= 4 is 27.5 Å². The Morgan fingerprint density at radius 1 is 1.03 bits per heavy atom. The van der Waals surface area contributed by atoms with Crippen molar-refractivity contribution in [3.63, 3.8) is 0 Å². The largest absolute Gasteiger partial charge is 0.506 e. The number of amides is 1. The average Bonchev–Trinajstić information content (AvgIpc) is 3.29. The fourth-order valence-electron chi connectivity index (χ4n) is 5.27. The van der Waals surface area contributed by atoms with Gasteiger partial charge in [-0.25, -0.2) is 0 Å². The van der Waals surface area contributed by atoms with E-state index in [-0.39, 0.29) is 22.6 Å². The number of aromatic hydroxyl groups is 1. The van der Waals surface area contributed by atoms with Crippen LogP contribution in [0.2, 0.25) is 0 Å². The standard InChI is InChI=1S/C29H40N4O3S/c1-20(2)33(19-18-31-16-13-23-10-11-25(34)27-28(23)37-29(36)32-27)26(35)14-17-30-15-12-22-8-5-7-21-6-3-4-9-24(21)22/h5,7-8,10-11,20,30-31,34H,3-4,6,9,12-19H2,1-2H3,(H,32,36). The van der Waals surface area contributed by atoms with Crippen LogP contribution >= 0.6 is 11.3 Å². The van der Waals surface area contributed by atoms with E-state index in [9.17, 15) is 14.7 Å². The number of fused-ring (bicyclic) bond motifs is 2. The first-order chi connectivity index (χ1) is 17.9. The molecule has 200 valence electrons. The minimum atomic E-state index is -0.162. The van der Waals surface area contributed by atoms with Crippen molar-refractivity contribution in [1.29, 1.82) is 0 Å². The molecule has 1 heterocycles. The predicted octanol–water partition coefficient (Wildman–Crippen LogP) is 3.77. The van der Waals surface area contributed by atoms with Gasteiger partial charge in [0.25, 0.3) is 0 Å². The van der Waals surface area contributed by atoms with Crippen molar-refractivity contribution in [3.05, 3.63) is 62.3 Å². The van der Waals surface area contributed by atoms with E-state index in [2.05, 4.69) is 47.7 Å². The summed E-state index contributed by atoms with van der Waals surface area (Å²) in [5.74, 6) is 0.281. The maximum absolute atomic E-state index is 12.9. The topological polar surface area (TPSA) is 97.5 Å². The molecular formula is C29H40N4O3S. The Hall–Kier alpha value is -2.68. The van der Waals surface area contributed by atoms with Crippen LogP contribution in [0.15, 0.2) is 35.1 Å². The molecule has 7 nitrogen and oxygen atoms in total. The first-order valence-corrected chi connectivity index (χ1v) is 14.4. The van der Waals surface area contributed by atoms with Crippen LogP contribution in [0.5, 0.6) is 5.75 Å². The molecular weight excluding hydrogens is 484 g/mol. The number of phenols is 1. The number of hydrogen-bond donors (Lipinski definition) is 4. The molecule has 0 bridgehead atoms. The number of nitrogens with zero attached hydrogens (tertiary/aromatic N) is 1. The van der Waals surface area contributed by atoms with Gasteiger partial charge in [-0.15, -0.1) is 0 Å². The van der Waals surface area contributed by atoms with Crippen LogP contribution in [0.4, 0.5) is 0 Å². The van der Waals surface area contributed by atoms with Crippen LogP contribution < -0.4 is 15.5 Å². The minimum Gasteiger partial charge on any atom is -0.506 e. The van der Waals surface area contributed by atoms with Gasteiger partial charge in [0.15, 0.2) is 0 Å². The van der Waals surface area contributed by atoms with Gasteiger partial charge in [-0.3, -0.25) is 9.59 Å². The van der Waals surface area contributed by atoms with Crippen LogP contribution in [0.1, 0.15) is 55.4 Å². The van der Waals surface area contributed by atoms with Gasteiger partial charge in [0.05, 0.1) is 4.70 Å². The summed E-state index contributed by atoms with van der Waals surface area (Å²) in [6.07, 6.45) is 7.27. The third-order valence-electron chi connectivity index (χ3n) is 7.26. The Balaban J connectivity index is 1.16. The van der Waals surface area contributed by atoms with E-state index < -0.39 is 0 Å². The number of nitrogens with one attached hydrogen (secondary N) is 3. The lowest BCUT2D eigenvalue weighted by Crippen LogP contribution is -2.42. The number of carbonyl (C=O) groups is 1. The molecule has 8 heteroatoms. The number of rotatable bonds is 13. The molecule has 0 saturated heterocycles. The number of aromatic nitrogens is 1. The van der Waals surface area contributed by atoms with Crippen molar-refractivity contribution in [1.82, 2.24) is 20.5 Å². The summed E-state index contributed by atoms with van der Waals surface area (Å²) < 4.78 is 0.811. The number of aryl methyl sites for hydroxylation is 1. The quantitative estimate of drug-likeness (QED) is 0.255. The average molecular weight is 525 g/mol. The number of hydrogen-bond acceptors (Lipinski definition) is 6. The van der Waals surface area contributed by atoms with Crippen LogP contribution in [0, 0.1) is 0 Å². The highest BCUT2D eigenvalue weighted by Gasteiger charge is 2.17. The molecule has 1 aliphatic carbocycles. The maximum Gasteiger partial charge on any atom is 0.305 e. The van der Waals surface area contributed by atoms with E-state index in [1.165, 1.54) is 36.8 Å². The van der Waals surface area contributed by atoms with Gasteiger partial charge >= 0.3 is 4.87 Å². The number of aromatic amines is 1. The number of H-pyrrole nitrogens is 1. The molecule has 0 radical (unpaired) electrons. The first-order valence-electron chi connectivity index (χ1n) is 13.6. The second-order valence-electron chi connectivity index (χ2n) is 10.2. The Morgan fingerprint density at radius 3 is 2.59 bits per heavy atom. The van der Waals surface area contributed by atoms with E-state index >= 15 is 0 Å². The van der Waals surface area contributed by atoms with Gasteiger partial charge in [0.1, 0.15) is 11.3 Å². The zero-order valence-electron chi connectivity index (χ0n) is 22.1. The number of phenolic OH excluding ortho intramolecular Hbond substituents is 1. The summed E-state index contributed by atoms with van der Waals surface area (Å²) in [6, 6.07) is 10.4. The summed E-state index contributed by atoms with van der Waals surface area (Å²) in [5.41, 5.74) is 6.09. The smallest absolute Gasteiger partial charge is 0.305 e. The molecule has 4 rings (SSSR count). The number of thiazole rings is 1. The predicted molar refractivity (Wildman–Crippen MR) is 152 cm³/mol. The van der Waals surface area contributed by atoms with Gasteiger partial charge < -0.3 is 25.6 Å². The van der Waals surface area contributed by atoms with Crippen LogP contribution in [-0.2, 0) is 30.5 Å². The minimum absolute atomic E-state index is 0.101. The van der Waals surface area contributed by atoms with Crippen LogP contribution in [0.3, 0.4) is 0 Å². The Morgan fingerprint density at radius 2 is 1.78 bits per heavy atom. The second kappa shape index (κ2) is 13.2. The fourth-order valence-corrected chi connectivity index (χ4v) is 6.17. The molecule has 0 unspecified atom stereocenters. The summed E-state index contributed by atoms with van der Waals surface area (Å²) in [7, 11) is 0. The molecule has 3 aromatic rings. The monoisotopic (exact) mass is 524 g/mol. The van der Waals surface area contributed by atoms with Gasteiger partial charge in [-0.05, 0) is 93.8 Å². The molecule has 0 fully saturated rings. The highest BCUT2D eigenvalue weighted by Crippen LogP contribution is 2.28. The molecule has 2 aromatic carbocycles. The fraction of sp³-hybridized carbons (Fsp3) is 0.517. The van der Waals surface area contributed by atoms with Crippen LogP contribution in [0.25, 0.3) is 10.2 Å². The maximum atomic E-state index is 12.9. The van der Waals surface area contributed by atoms with Crippen molar-refractivity contribution < 1.29 is 9.90 Å². The van der Waals surface area contributed by atoms with Gasteiger partial charge in [0.2, 0.25) is 5.91 Å². The van der Waals surface area contributed by atoms with Crippen molar-refractivity contribution in [2.24, 2.45) is 0 Å². The highest BCUT2D eigenvalue weighted by atomic mass is 32.1. The third-order valence-corrected chi connectivity index (χ3v) is 8.22. The van der Waals surface area contributed by atoms with Crippen molar-refractivity contribution in [2.75, 3.05) is 32.7 Å². The summed E-state index contributed by atoms with van der Waals surface area (Å²) in [6.45, 7) is 7.82. The Labute approximate surface area is 223 Å². The van der Waals surface area contributed by atoms with E-state index in [0.717, 1.165) is 47.5 Å².